The number of sulfone groups is 1. The van der Waals surface area contributed by atoms with Crippen LogP contribution in [0.4, 0.5) is 5.69 Å². The second-order valence-corrected chi connectivity index (χ2v) is 8.69. The first-order chi connectivity index (χ1) is 10.5. The van der Waals surface area contributed by atoms with Crippen molar-refractivity contribution in [2.45, 2.75) is 32.4 Å². The highest BCUT2D eigenvalue weighted by atomic mass is 32.2. The third-order valence-electron chi connectivity index (χ3n) is 3.83. The summed E-state index contributed by atoms with van der Waals surface area (Å²) >= 11 is 0. The third-order valence-corrected chi connectivity index (χ3v) is 5.87. The predicted octanol–water partition coefficient (Wildman–Crippen LogP) is 2.25. The summed E-state index contributed by atoms with van der Waals surface area (Å²) in [5, 5.41) is 7.06. The monoisotopic (exact) mass is 335 g/mol. The molecule has 1 heterocycles. The van der Waals surface area contributed by atoms with Crippen LogP contribution in [0.1, 0.15) is 25.2 Å². The molecule has 0 fully saturated rings. The normalized spacial score (nSPS) is 12.2. The highest BCUT2D eigenvalue weighted by Crippen LogP contribution is 2.21. The fourth-order valence-electron chi connectivity index (χ4n) is 2.06. The lowest BCUT2D eigenvalue weighted by Crippen LogP contribution is -2.43. The number of nitrogens with one attached hydrogen (secondary N) is 1. The molecular weight excluding hydrogens is 314 g/mol. The Bertz CT molecular complexity index is 851. The first-order valence-corrected chi connectivity index (χ1v) is 9.06. The maximum absolute atomic E-state index is 12.3. The van der Waals surface area contributed by atoms with E-state index in [-0.39, 0.29) is 0 Å². The van der Waals surface area contributed by atoms with Gasteiger partial charge in [-0.1, -0.05) is 6.07 Å². The number of anilines is 1. The van der Waals surface area contributed by atoms with Crippen molar-refractivity contribution in [1.82, 2.24) is 9.78 Å². The quantitative estimate of drug-likeness (QED) is 0.929. The van der Waals surface area contributed by atoms with Gasteiger partial charge in [-0.05, 0) is 52.0 Å². The highest BCUT2D eigenvalue weighted by molar-refractivity contribution is 7.92. The minimum Gasteiger partial charge on any atom is -0.325 e. The zero-order valence-corrected chi connectivity index (χ0v) is 14.7. The Morgan fingerprint density at radius 3 is 2.39 bits per heavy atom. The molecule has 0 radical (unpaired) electrons. The number of hydrogen-bond acceptors (Lipinski definition) is 4. The summed E-state index contributed by atoms with van der Waals surface area (Å²) in [4.78, 5) is 12.3. The van der Waals surface area contributed by atoms with Gasteiger partial charge >= 0.3 is 0 Å². The van der Waals surface area contributed by atoms with Gasteiger partial charge in [0.2, 0.25) is 5.91 Å². The van der Waals surface area contributed by atoms with E-state index in [1.165, 1.54) is 13.8 Å². The summed E-state index contributed by atoms with van der Waals surface area (Å²) in [7, 11) is -3.52. The number of nitrogens with zero attached hydrogens (tertiary/aromatic N) is 2. The van der Waals surface area contributed by atoms with Crippen LogP contribution in [0.3, 0.4) is 0 Å². The van der Waals surface area contributed by atoms with Crippen LogP contribution >= 0.6 is 0 Å². The fourth-order valence-corrected chi connectivity index (χ4v) is 2.44. The average Bonchev–Trinajstić information content (AvgIpc) is 2.76. The SMILES string of the molecule is Cc1cc(C)n(-c2cccc(NC(=O)C(C)(C)S(C)(=O)=O)c2)n1. The smallest absolute Gasteiger partial charge is 0.245 e. The van der Waals surface area contributed by atoms with E-state index in [0.717, 1.165) is 23.3 Å². The maximum Gasteiger partial charge on any atom is 0.245 e. The highest BCUT2D eigenvalue weighted by Gasteiger charge is 2.38. The van der Waals surface area contributed by atoms with Gasteiger partial charge in [0, 0.05) is 17.6 Å². The molecule has 0 spiro atoms. The van der Waals surface area contributed by atoms with E-state index in [4.69, 9.17) is 0 Å². The first kappa shape index (κ1) is 17.2. The molecule has 6 nitrogen and oxygen atoms in total. The number of aromatic nitrogens is 2. The predicted molar refractivity (Wildman–Crippen MR) is 90.6 cm³/mol. The minimum absolute atomic E-state index is 0.525. The number of carbonyl (C=O) groups excluding carboxylic acids is 1. The van der Waals surface area contributed by atoms with Crippen LogP contribution in [-0.2, 0) is 14.6 Å². The van der Waals surface area contributed by atoms with Gasteiger partial charge in [-0.2, -0.15) is 5.10 Å². The summed E-state index contributed by atoms with van der Waals surface area (Å²) in [5.41, 5.74) is 3.19. The molecule has 0 atom stereocenters. The Morgan fingerprint density at radius 2 is 1.87 bits per heavy atom. The molecule has 1 N–H and O–H groups in total. The maximum atomic E-state index is 12.3. The topological polar surface area (TPSA) is 81.1 Å². The van der Waals surface area contributed by atoms with Gasteiger partial charge in [0.15, 0.2) is 9.84 Å². The van der Waals surface area contributed by atoms with Gasteiger partial charge in [-0.3, -0.25) is 4.79 Å². The molecular formula is C16H21N3O3S. The second kappa shape index (κ2) is 5.81. The Hall–Kier alpha value is -2.15. The molecule has 0 saturated carbocycles. The van der Waals surface area contributed by atoms with Crippen LogP contribution in [0, 0.1) is 13.8 Å². The van der Waals surface area contributed by atoms with Crippen LogP contribution in [-0.4, -0.2) is 35.1 Å². The van der Waals surface area contributed by atoms with Gasteiger partial charge < -0.3 is 5.32 Å². The summed E-state index contributed by atoms with van der Waals surface area (Å²) < 4.78 is 23.8. The molecule has 0 aliphatic heterocycles. The largest absolute Gasteiger partial charge is 0.325 e. The number of benzene rings is 1. The Labute approximate surface area is 136 Å². The van der Waals surface area contributed by atoms with Crippen molar-refractivity contribution in [1.29, 1.82) is 0 Å². The minimum atomic E-state index is -3.52. The van der Waals surface area contributed by atoms with E-state index in [1.54, 1.807) is 22.9 Å². The molecule has 124 valence electrons. The van der Waals surface area contributed by atoms with Crippen molar-refractivity contribution in [3.05, 3.63) is 41.7 Å². The van der Waals surface area contributed by atoms with E-state index >= 15 is 0 Å². The van der Waals surface area contributed by atoms with Gasteiger partial charge in [-0.25, -0.2) is 13.1 Å². The Balaban J connectivity index is 2.31. The summed E-state index contributed by atoms with van der Waals surface area (Å²) in [5.74, 6) is -0.564. The van der Waals surface area contributed by atoms with Gasteiger partial charge in [0.25, 0.3) is 0 Å². The fraction of sp³-hybridized carbons (Fsp3) is 0.375. The van der Waals surface area contributed by atoms with Crippen LogP contribution in [0.25, 0.3) is 5.69 Å². The van der Waals surface area contributed by atoms with Gasteiger partial charge in [-0.15, -0.1) is 0 Å². The molecule has 0 bridgehead atoms. The summed E-state index contributed by atoms with van der Waals surface area (Å²) in [6.45, 7) is 6.63. The van der Waals surface area contributed by atoms with Crippen molar-refractivity contribution in [3.63, 3.8) is 0 Å². The molecule has 23 heavy (non-hydrogen) atoms. The summed E-state index contributed by atoms with van der Waals surface area (Å²) in [6, 6.07) is 9.09. The molecule has 0 saturated heterocycles. The molecule has 7 heteroatoms. The number of carbonyl (C=O) groups is 1. The number of hydrogen-bond donors (Lipinski definition) is 1. The standard InChI is InChI=1S/C16H21N3O3S/c1-11-9-12(2)19(18-11)14-8-6-7-13(10-14)17-15(20)16(3,4)23(5,21)22/h6-10H,1-5H3,(H,17,20). The van der Waals surface area contributed by atoms with E-state index in [1.807, 2.05) is 26.0 Å². The molecule has 1 aromatic carbocycles. The lowest BCUT2D eigenvalue weighted by atomic mass is 10.2. The lowest BCUT2D eigenvalue weighted by molar-refractivity contribution is -0.117. The number of aryl methyl sites for hydroxylation is 2. The summed E-state index contributed by atoms with van der Waals surface area (Å²) in [6.07, 6.45) is 1.05. The molecule has 2 rings (SSSR count). The second-order valence-electron chi connectivity index (χ2n) is 6.13. The third kappa shape index (κ3) is 3.44. The van der Waals surface area contributed by atoms with Crippen molar-refractivity contribution in [2.24, 2.45) is 0 Å². The van der Waals surface area contributed by atoms with Crippen LogP contribution in [0.5, 0.6) is 0 Å². The lowest BCUT2D eigenvalue weighted by Gasteiger charge is -2.21. The zero-order valence-electron chi connectivity index (χ0n) is 13.9. The Morgan fingerprint density at radius 1 is 1.22 bits per heavy atom. The van der Waals surface area contributed by atoms with Crippen molar-refractivity contribution in [3.8, 4) is 5.69 Å². The van der Waals surface area contributed by atoms with E-state index in [2.05, 4.69) is 10.4 Å². The molecule has 1 amide bonds. The van der Waals surface area contributed by atoms with Gasteiger partial charge in [0.05, 0.1) is 11.4 Å². The molecule has 2 aromatic rings. The van der Waals surface area contributed by atoms with E-state index < -0.39 is 20.5 Å². The molecule has 0 aliphatic carbocycles. The Kier molecular flexibility index (Phi) is 4.34. The van der Waals surface area contributed by atoms with Crippen molar-refractivity contribution >= 4 is 21.4 Å². The molecule has 0 unspecified atom stereocenters. The van der Waals surface area contributed by atoms with Crippen LogP contribution in [0.2, 0.25) is 0 Å². The first-order valence-electron chi connectivity index (χ1n) is 7.17. The van der Waals surface area contributed by atoms with Crippen molar-refractivity contribution < 1.29 is 13.2 Å². The van der Waals surface area contributed by atoms with Crippen LogP contribution < -0.4 is 5.32 Å². The molecule has 1 aromatic heterocycles. The molecule has 0 aliphatic rings. The number of rotatable bonds is 4. The van der Waals surface area contributed by atoms with Crippen LogP contribution in [0.15, 0.2) is 30.3 Å². The van der Waals surface area contributed by atoms with Gasteiger partial charge in [0.1, 0.15) is 4.75 Å². The van der Waals surface area contributed by atoms with E-state index in [9.17, 15) is 13.2 Å². The average molecular weight is 335 g/mol. The van der Waals surface area contributed by atoms with Crippen molar-refractivity contribution in [2.75, 3.05) is 11.6 Å². The zero-order chi connectivity index (χ0) is 17.4. The number of amides is 1. The van der Waals surface area contributed by atoms with E-state index in [0.29, 0.717) is 5.69 Å².